The number of rotatable bonds is 7. The van der Waals surface area contributed by atoms with Crippen LogP contribution in [0.25, 0.3) is 0 Å². The van der Waals surface area contributed by atoms with Gasteiger partial charge in [-0.2, -0.15) is 0 Å². The summed E-state index contributed by atoms with van der Waals surface area (Å²) in [5, 5.41) is 18.9. The molecule has 1 aromatic heterocycles. The third-order valence-electron chi connectivity index (χ3n) is 3.64. The number of nitro groups is 1. The predicted octanol–water partition coefficient (Wildman–Crippen LogP) is 5.73. The first-order valence-corrected chi connectivity index (χ1v) is 8.97. The Morgan fingerprint density at radius 1 is 1.24 bits per heavy atom. The van der Waals surface area contributed by atoms with Crippen LogP contribution in [0.15, 0.2) is 40.7 Å². The predicted molar refractivity (Wildman–Crippen MR) is 101 cm³/mol. The Morgan fingerprint density at radius 2 is 1.92 bits per heavy atom. The molecule has 0 fully saturated rings. The van der Waals surface area contributed by atoms with Crippen LogP contribution in [0.5, 0.6) is 0 Å². The van der Waals surface area contributed by atoms with Gasteiger partial charge in [0.25, 0.3) is 0 Å². The molecule has 0 N–H and O–H groups in total. The molecule has 1 aromatic carbocycles. The molecule has 0 amide bonds. The second kappa shape index (κ2) is 8.15. The van der Waals surface area contributed by atoms with Gasteiger partial charge >= 0.3 is 5.00 Å². The normalized spacial score (nSPS) is 11.8. The Balaban J connectivity index is 2.02. The lowest BCUT2D eigenvalue weighted by Gasteiger charge is -2.27. The fourth-order valence-corrected chi connectivity index (χ4v) is 2.71. The molecule has 0 saturated heterocycles. The summed E-state index contributed by atoms with van der Waals surface area (Å²) in [5.74, 6) is 0. The standard InChI is InChI=1S/C17H23N5O2S/c1-5-21(11-10-17(2,3)4)14-8-6-13(7-9-14)19-20-16-18-12-15(25-16)22(23)24/h6-9,12H,5,10-11H2,1-4H3. The Labute approximate surface area is 151 Å². The summed E-state index contributed by atoms with van der Waals surface area (Å²) in [5.41, 5.74) is 2.14. The fraction of sp³-hybridized carbons (Fsp3) is 0.471. The molecule has 0 aliphatic carbocycles. The summed E-state index contributed by atoms with van der Waals surface area (Å²) in [6.45, 7) is 10.8. The third kappa shape index (κ3) is 5.90. The van der Waals surface area contributed by atoms with Crippen LogP contribution in [-0.2, 0) is 0 Å². The number of thiazole rings is 1. The van der Waals surface area contributed by atoms with Crippen molar-refractivity contribution in [1.82, 2.24) is 4.98 Å². The van der Waals surface area contributed by atoms with Crippen molar-refractivity contribution < 1.29 is 4.92 Å². The van der Waals surface area contributed by atoms with Gasteiger partial charge in [0.2, 0.25) is 5.13 Å². The van der Waals surface area contributed by atoms with Crippen molar-refractivity contribution in [3.63, 3.8) is 0 Å². The van der Waals surface area contributed by atoms with Crippen molar-refractivity contribution in [2.24, 2.45) is 15.6 Å². The average Bonchev–Trinajstić information content (AvgIpc) is 3.03. The maximum Gasteiger partial charge on any atom is 0.345 e. The van der Waals surface area contributed by atoms with Crippen LogP contribution in [-0.4, -0.2) is 23.0 Å². The minimum Gasteiger partial charge on any atom is -0.372 e. The highest BCUT2D eigenvalue weighted by Crippen LogP contribution is 2.29. The van der Waals surface area contributed by atoms with E-state index in [2.05, 4.69) is 47.8 Å². The number of hydrogen-bond donors (Lipinski definition) is 0. The van der Waals surface area contributed by atoms with Crippen LogP contribution >= 0.6 is 11.3 Å². The van der Waals surface area contributed by atoms with E-state index in [9.17, 15) is 10.1 Å². The molecule has 0 atom stereocenters. The minimum atomic E-state index is -0.484. The zero-order valence-electron chi connectivity index (χ0n) is 15.0. The molecule has 2 rings (SSSR count). The first-order chi connectivity index (χ1) is 11.8. The molecule has 0 aliphatic rings. The van der Waals surface area contributed by atoms with E-state index in [0.717, 1.165) is 36.5 Å². The number of azo groups is 1. The van der Waals surface area contributed by atoms with E-state index < -0.39 is 4.92 Å². The molecule has 8 heteroatoms. The van der Waals surface area contributed by atoms with Gasteiger partial charge in [0.15, 0.2) is 0 Å². The third-order valence-corrected chi connectivity index (χ3v) is 4.47. The van der Waals surface area contributed by atoms with Crippen LogP contribution in [0.1, 0.15) is 34.1 Å². The van der Waals surface area contributed by atoms with Gasteiger partial charge < -0.3 is 4.90 Å². The highest BCUT2D eigenvalue weighted by molar-refractivity contribution is 7.18. The molecule has 0 radical (unpaired) electrons. The Hall–Kier alpha value is -2.35. The van der Waals surface area contributed by atoms with E-state index in [1.54, 1.807) is 0 Å². The highest BCUT2D eigenvalue weighted by Gasteiger charge is 2.13. The van der Waals surface area contributed by atoms with Crippen LogP contribution < -0.4 is 4.90 Å². The van der Waals surface area contributed by atoms with Crippen LogP contribution in [0.4, 0.5) is 21.5 Å². The van der Waals surface area contributed by atoms with Gasteiger partial charge in [-0.3, -0.25) is 10.1 Å². The van der Waals surface area contributed by atoms with Gasteiger partial charge in [-0.05, 0) is 54.4 Å². The van der Waals surface area contributed by atoms with Crippen molar-refractivity contribution in [3.05, 3.63) is 40.6 Å². The summed E-state index contributed by atoms with van der Waals surface area (Å²) < 4.78 is 0. The molecule has 1 heterocycles. The van der Waals surface area contributed by atoms with Crippen molar-refractivity contribution in [2.45, 2.75) is 34.1 Å². The van der Waals surface area contributed by atoms with Crippen molar-refractivity contribution in [1.29, 1.82) is 0 Å². The Morgan fingerprint density at radius 3 is 2.44 bits per heavy atom. The molecular weight excluding hydrogens is 338 g/mol. The van der Waals surface area contributed by atoms with Gasteiger partial charge in [0.1, 0.15) is 6.20 Å². The van der Waals surface area contributed by atoms with E-state index in [-0.39, 0.29) is 10.1 Å². The highest BCUT2D eigenvalue weighted by atomic mass is 32.1. The molecule has 134 valence electrons. The van der Waals surface area contributed by atoms with E-state index in [1.807, 2.05) is 24.3 Å². The lowest BCUT2D eigenvalue weighted by molar-refractivity contribution is -0.380. The second-order valence-electron chi connectivity index (χ2n) is 6.84. The van der Waals surface area contributed by atoms with Crippen LogP contribution in [0.3, 0.4) is 0 Å². The second-order valence-corrected chi connectivity index (χ2v) is 7.83. The summed E-state index contributed by atoms with van der Waals surface area (Å²) in [6, 6.07) is 7.82. The van der Waals surface area contributed by atoms with Crippen LogP contribution in [0.2, 0.25) is 0 Å². The van der Waals surface area contributed by atoms with Gasteiger partial charge in [-0.15, -0.1) is 10.2 Å². The lowest BCUT2D eigenvalue weighted by atomic mass is 9.92. The van der Waals surface area contributed by atoms with E-state index >= 15 is 0 Å². The maximum absolute atomic E-state index is 10.6. The van der Waals surface area contributed by atoms with Gasteiger partial charge in [-0.1, -0.05) is 20.8 Å². The monoisotopic (exact) mass is 361 g/mol. The summed E-state index contributed by atoms with van der Waals surface area (Å²) in [7, 11) is 0. The molecular formula is C17H23N5O2S. The minimum absolute atomic E-state index is 0.0401. The number of hydrogen-bond acceptors (Lipinski definition) is 7. The van der Waals surface area contributed by atoms with Gasteiger partial charge in [0, 0.05) is 18.8 Å². The maximum atomic E-state index is 10.6. The summed E-state index contributed by atoms with van der Waals surface area (Å²) in [6.07, 6.45) is 2.31. The van der Waals surface area contributed by atoms with Crippen molar-refractivity contribution >= 4 is 32.8 Å². The molecule has 25 heavy (non-hydrogen) atoms. The molecule has 0 saturated carbocycles. The lowest BCUT2D eigenvalue weighted by Crippen LogP contribution is -2.27. The summed E-state index contributed by atoms with van der Waals surface area (Å²) in [4.78, 5) is 16.3. The summed E-state index contributed by atoms with van der Waals surface area (Å²) >= 11 is 0.902. The number of anilines is 1. The first-order valence-electron chi connectivity index (χ1n) is 8.15. The largest absolute Gasteiger partial charge is 0.372 e. The van der Waals surface area contributed by atoms with E-state index in [1.165, 1.54) is 6.20 Å². The Bertz CT molecular complexity index is 734. The SMILES string of the molecule is CCN(CCC(C)(C)C)c1ccc(N=Nc2ncc([N+](=O)[O-])s2)cc1. The van der Waals surface area contributed by atoms with Crippen molar-refractivity contribution in [2.75, 3.05) is 18.0 Å². The van der Waals surface area contributed by atoms with Crippen molar-refractivity contribution in [3.8, 4) is 0 Å². The molecule has 2 aromatic rings. The smallest absolute Gasteiger partial charge is 0.345 e. The average molecular weight is 361 g/mol. The number of benzene rings is 1. The molecule has 0 aliphatic heterocycles. The molecule has 0 unspecified atom stereocenters. The Kier molecular flexibility index (Phi) is 6.19. The van der Waals surface area contributed by atoms with Gasteiger partial charge in [-0.25, -0.2) is 4.98 Å². The molecule has 0 spiro atoms. The zero-order valence-corrected chi connectivity index (χ0v) is 15.8. The quantitative estimate of drug-likeness (QED) is 0.358. The number of aromatic nitrogens is 1. The number of nitrogens with zero attached hydrogens (tertiary/aromatic N) is 5. The van der Waals surface area contributed by atoms with E-state index in [0.29, 0.717) is 11.1 Å². The molecule has 0 bridgehead atoms. The first kappa shape index (κ1) is 19.0. The van der Waals surface area contributed by atoms with Gasteiger partial charge in [0.05, 0.1) is 10.6 Å². The fourth-order valence-electron chi connectivity index (χ4n) is 2.16. The topological polar surface area (TPSA) is 84.0 Å². The molecule has 7 nitrogen and oxygen atoms in total. The zero-order chi connectivity index (χ0) is 18.4. The van der Waals surface area contributed by atoms with Crippen LogP contribution in [0, 0.1) is 15.5 Å². The van der Waals surface area contributed by atoms with E-state index in [4.69, 9.17) is 0 Å².